The summed E-state index contributed by atoms with van der Waals surface area (Å²) in [5.74, 6) is 0. The Morgan fingerprint density at radius 2 is 1.90 bits per heavy atom. The molecule has 0 aliphatic carbocycles. The Kier molecular flexibility index (Phi) is 4.32. The van der Waals surface area contributed by atoms with Gasteiger partial charge in [-0.3, -0.25) is 4.98 Å². The number of hydrogen-bond acceptors (Lipinski definition) is 3. The summed E-state index contributed by atoms with van der Waals surface area (Å²) >= 11 is 1.75. The number of nitrogens with zero attached hydrogens (tertiary/aromatic N) is 1. The molecule has 1 N–H and O–H groups in total. The number of aromatic nitrogens is 1. The summed E-state index contributed by atoms with van der Waals surface area (Å²) in [5, 5.41) is 5.51. The Bertz CT molecular complexity index is 715. The molecule has 0 spiro atoms. The number of benzene rings is 1. The van der Waals surface area contributed by atoms with Crippen molar-refractivity contribution in [1.29, 1.82) is 0 Å². The lowest BCUT2D eigenvalue weighted by atomic mass is 9.99. The predicted molar refractivity (Wildman–Crippen MR) is 90.9 cm³/mol. The number of nitrogens with one attached hydrogen (secondary N) is 1. The first-order valence-electron chi connectivity index (χ1n) is 7.38. The van der Waals surface area contributed by atoms with Crippen LogP contribution in [-0.4, -0.2) is 12.0 Å². The zero-order valence-electron chi connectivity index (χ0n) is 12.5. The lowest BCUT2D eigenvalue weighted by molar-refractivity contribution is 0.591. The molecule has 1 aromatic carbocycles. The summed E-state index contributed by atoms with van der Waals surface area (Å²) in [6.45, 7) is 2.19. The van der Waals surface area contributed by atoms with Crippen molar-refractivity contribution in [2.75, 3.05) is 7.05 Å². The average Bonchev–Trinajstić information content (AvgIpc) is 3.00. The summed E-state index contributed by atoms with van der Waals surface area (Å²) < 4.78 is 1.26. The van der Waals surface area contributed by atoms with Crippen molar-refractivity contribution in [3.63, 3.8) is 0 Å². The molecule has 0 radical (unpaired) electrons. The van der Waals surface area contributed by atoms with Gasteiger partial charge in [-0.2, -0.15) is 0 Å². The molecule has 3 rings (SSSR count). The maximum Gasteiger partial charge on any atom is 0.0809 e. The Labute approximate surface area is 129 Å². The van der Waals surface area contributed by atoms with E-state index in [4.69, 9.17) is 0 Å². The molecular formula is C18H20N2S. The highest BCUT2D eigenvalue weighted by atomic mass is 32.1. The molecule has 21 heavy (non-hydrogen) atoms. The van der Waals surface area contributed by atoms with E-state index < -0.39 is 0 Å². The van der Waals surface area contributed by atoms with Crippen LogP contribution in [0.5, 0.6) is 0 Å². The highest BCUT2D eigenvalue weighted by molar-refractivity contribution is 7.17. The third-order valence-corrected chi connectivity index (χ3v) is 4.80. The molecule has 2 heterocycles. The maximum absolute atomic E-state index is 4.55. The van der Waals surface area contributed by atoms with Crippen molar-refractivity contribution >= 4 is 21.6 Å². The van der Waals surface area contributed by atoms with Crippen LogP contribution < -0.4 is 5.32 Å². The molecular weight excluding hydrogens is 276 g/mol. The van der Waals surface area contributed by atoms with E-state index in [1.807, 2.05) is 13.2 Å². The molecule has 0 amide bonds. The van der Waals surface area contributed by atoms with Gasteiger partial charge in [0, 0.05) is 12.2 Å². The van der Waals surface area contributed by atoms with E-state index in [0.717, 1.165) is 18.4 Å². The first-order valence-corrected chi connectivity index (χ1v) is 8.26. The van der Waals surface area contributed by atoms with Gasteiger partial charge in [-0.15, -0.1) is 11.3 Å². The third kappa shape index (κ3) is 3.14. The van der Waals surface area contributed by atoms with Gasteiger partial charge >= 0.3 is 0 Å². The predicted octanol–water partition coefficient (Wildman–Crippen LogP) is 4.36. The van der Waals surface area contributed by atoms with Crippen LogP contribution in [0, 0.1) is 0 Å². The topological polar surface area (TPSA) is 24.9 Å². The number of likely N-dealkylation sites (N-methyl/N-ethyl adjacent to an activating group) is 1. The first-order chi connectivity index (χ1) is 10.3. The van der Waals surface area contributed by atoms with Crippen molar-refractivity contribution in [3.8, 4) is 0 Å². The summed E-state index contributed by atoms with van der Waals surface area (Å²) in [6.07, 6.45) is 4.07. The van der Waals surface area contributed by atoms with Crippen LogP contribution >= 0.6 is 11.3 Å². The monoisotopic (exact) mass is 296 g/mol. The van der Waals surface area contributed by atoms with Crippen LogP contribution in [0.25, 0.3) is 10.2 Å². The third-order valence-electron chi connectivity index (χ3n) is 3.95. The second-order valence-corrected chi connectivity index (χ2v) is 6.24. The fraction of sp³-hybridized carbons (Fsp3) is 0.278. The van der Waals surface area contributed by atoms with Gasteiger partial charge in [0.15, 0.2) is 0 Å². The minimum absolute atomic E-state index is 0.302. The van der Waals surface area contributed by atoms with E-state index in [1.54, 1.807) is 11.3 Å². The van der Waals surface area contributed by atoms with Gasteiger partial charge in [0.2, 0.25) is 0 Å². The number of rotatable bonds is 5. The molecule has 0 bridgehead atoms. The number of hydrogen-bond donors (Lipinski definition) is 1. The largest absolute Gasteiger partial charge is 0.313 e. The second-order valence-electron chi connectivity index (χ2n) is 5.29. The van der Waals surface area contributed by atoms with Crippen LogP contribution in [0.4, 0.5) is 0 Å². The number of pyridine rings is 1. The molecule has 2 aromatic heterocycles. The summed E-state index contributed by atoms with van der Waals surface area (Å²) in [5.41, 5.74) is 5.09. The molecule has 0 saturated carbocycles. The van der Waals surface area contributed by atoms with Crippen LogP contribution in [0.3, 0.4) is 0 Å². The summed E-state index contributed by atoms with van der Waals surface area (Å²) in [7, 11) is 2.02. The highest BCUT2D eigenvalue weighted by Crippen LogP contribution is 2.24. The van der Waals surface area contributed by atoms with Crippen LogP contribution in [0.2, 0.25) is 0 Å². The van der Waals surface area contributed by atoms with Crippen molar-refractivity contribution in [2.24, 2.45) is 0 Å². The van der Waals surface area contributed by atoms with Crippen molar-refractivity contribution in [2.45, 2.75) is 25.8 Å². The summed E-state index contributed by atoms with van der Waals surface area (Å²) in [6, 6.07) is 13.6. The molecule has 0 aliphatic rings. The van der Waals surface area contributed by atoms with Crippen molar-refractivity contribution in [3.05, 3.63) is 64.7 Å². The van der Waals surface area contributed by atoms with Crippen LogP contribution in [0.1, 0.15) is 29.7 Å². The fourth-order valence-electron chi connectivity index (χ4n) is 2.59. The highest BCUT2D eigenvalue weighted by Gasteiger charge is 2.11. The van der Waals surface area contributed by atoms with E-state index in [2.05, 4.69) is 59.0 Å². The fourth-order valence-corrected chi connectivity index (χ4v) is 3.37. The Morgan fingerprint density at radius 3 is 2.62 bits per heavy atom. The summed E-state index contributed by atoms with van der Waals surface area (Å²) in [4.78, 5) is 4.55. The van der Waals surface area contributed by atoms with Crippen LogP contribution in [-0.2, 0) is 12.8 Å². The molecule has 3 heteroatoms. The van der Waals surface area contributed by atoms with E-state index in [-0.39, 0.29) is 0 Å². The Balaban J connectivity index is 1.82. The molecule has 0 aliphatic heterocycles. The minimum atomic E-state index is 0.302. The molecule has 1 unspecified atom stereocenters. The molecule has 3 aromatic rings. The first kappa shape index (κ1) is 14.2. The number of thiophene rings is 1. The van der Waals surface area contributed by atoms with Gasteiger partial charge in [-0.1, -0.05) is 31.2 Å². The van der Waals surface area contributed by atoms with E-state index in [0.29, 0.717) is 6.04 Å². The number of fused-ring (bicyclic) bond motifs is 1. The van der Waals surface area contributed by atoms with E-state index in [1.165, 1.54) is 21.4 Å². The molecule has 1 atom stereocenters. The second kappa shape index (κ2) is 6.37. The van der Waals surface area contributed by atoms with Gasteiger partial charge in [0.1, 0.15) is 0 Å². The Hall–Kier alpha value is -1.71. The minimum Gasteiger partial charge on any atom is -0.313 e. The molecule has 2 nitrogen and oxygen atoms in total. The maximum atomic E-state index is 4.55. The molecule has 108 valence electrons. The average molecular weight is 296 g/mol. The Morgan fingerprint density at radius 1 is 1.14 bits per heavy atom. The smallest absolute Gasteiger partial charge is 0.0809 e. The standard InChI is InChI=1S/C18H20N2S/c1-3-13-4-6-14(7-5-13)10-17(19-2)15-11-18-16(20-12-15)8-9-21-18/h4-9,11-12,17,19H,3,10H2,1-2H3. The zero-order valence-corrected chi connectivity index (χ0v) is 13.3. The van der Waals surface area contributed by atoms with Crippen LogP contribution in [0.15, 0.2) is 48.0 Å². The lowest BCUT2D eigenvalue weighted by Gasteiger charge is -2.16. The quantitative estimate of drug-likeness (QED) is 0.756. The van der Waals surface area contributed by atoms with Gasteiger partial charge < -0.3 is 5.32 Å². The van der Waals surface area contributed by atoms with Gasteiger partial charge in [0.25, 0.3) is 0 Å². The van der Waals surface area contributed by atoms with Gasteiger partial charge in [-0.25, -0.2) is 0 Å². The lowest BCUT2D eigenvalue weighted by Crippen LogP contribution is -2.19. The van der Waals surface area contributed by atoms with Gasteiger partial charge in [-0.05, 0) is 54.1 Å². The zero-order chi connectivity index (χ0) is 14.7. The number of aryl methyl sites for hydroxylation is 1. The van der Waals surface area contributed by atoms with Crippen molar-refractivity contribution < 1.29 is 0 Å². The molecule has 0 fully saturated rings. The van der Waals surface area contributed by atoms with E-state index in [9.17, 15) is 0 Å². The normalized spacial score (nSPS) is 12.7. The SMILES string of the molecule is CCc1ccc(CC(NC)c2cnc3ccsc3c2)cc1. The van der Waals surface area contributed by atoms with Crippen molar-refractivity contribution in [1.82, 2.24) is 10.3 Å². The van der Waals surface area contributed by atoms with E-state index >= 15 is 0 Å². The molecule has 0 saturated heterocycles. The van der Waals surface area contributed by atoms with Gasteiger partial charge in [0.05, 0.1) is 10.2 Å².